The molecule has 7 heteroatoms. The van der Waals surface area contributed by atoms with E-state index in [0.29, 0.717) is 30.0 Å². The van der Waals surface area contributed by atoms with Crippen LogP contribution >= 0.6 is 0 Å². The highest BCUT2D eigenvalue weighted by atomic mass is 16.5. The van der Waals surface area contributed by atoms with Crippen molar-refractivity contribution in [2.24, 2.45) is 0 Å². The number of aryl methyl sites for hydroxylation is 1. The van der Waals surface area contributed by atoms with Crippen molar-refractivity contribution in [3.63, 3.8) is 0 Å². The molecule has 0 aliphatic rings. The van der Waals surface area contributed by atoms with E-state index in [0.717, 1.165) is 11.1 Å². The molecule has 3 aromatic rings. The maximum Gasteiger partial charge on any atom is 0.341 e. The second-order valence-electron chi connectivity index (χ2n) is 6.79. The van der Waals surface area contributed by atoms with E-state index in [9.17, 15) is 9.59 Å². The van der Waals surface area contributed by atoms with E-state index in [4.69, 9.17) is 9.47 Å². The van der Waals surface area contributed by atoms with Crippen LogP contribution in [0.5, 0.6) is 5.75 Å². The van der Waals surface area contributed by atoms with Crippen LogP contribution in [-0.2, 0) is 4.74 Å². The zero-order valence-corrected chi connectivity index (χ0v) is 17.3. The van der Waals surface area contributed by atoms with Gasteiger partial charge in [-0.3, -0.25) is 9.48 Å². The number of hydrogen-bond donors (Lipinski definition) is 1. The molecule has 0 fully saturated rings. The van der Waals surface area contributed by atoms with E-state index < -0.39 is 5.97 Å². The Hall–Kier alpha value is -3.61. The Morgan fingerprint density at radius 3 is 2.40 bits per heavy atom. The fraction of sp³-hybridized carbons (Fsp3) is 0.261. The number of esters is 1. The number of ether oxygens (including phenoxy) is 2. The first-order chi connectivity index (χ1) is 14.5. The Balaban J connectivity index is 1.80. The van der Waals surface area contributed by atoms with Gasteiger partial charge >= 0.3 is 5.97 Å². The van der Waals surface area contributed by atoms with E-state index in [-0.39, 0.29) is 11.9 Å². The molecule has 0 saturated carbocycles. The van der Waals surface area contributed by atoms with Gasteiger partial charge in [0.25, 0.3) is 5.91 Å². The Labute approximate surface area is 175 Å². The number of hydrogen-bond acceptors (Lipinski definition) is 5. The van der Waals surface area contributed by atoms with Crippen LogP contribution in [0.25, 0.3) is 0 Å². The number of nitrogens with zero attached hydrogens (tertiary/aromatic N) is 2. The molecule has 30 heavy (non-hydrogen) atoms. The molecule has 156 valence electrons. The minimum atomic E-state index is -0.423. The molecule has 1 amide bonds. The van der Waals surface area contributed by atoms with Gasteiger partial charge in [-0.15, -0.1) is 0 Å². The van der Waals surface area contributed by atoms with Gasteiger partial charge in [0.1, 0.15) is 5.75 Å². The normalized spacial score (nSPS) is 11.6. The first-order valence-corrected chi connectivity index (χ1v) is 9.72. The maximum atomic E-state index is 12.6. The molecule has 3 rings (SSSR count). The first kappa shape index (κ1) is 21.1. The predicted molar refractivity (Wildman–Crippen MR) is 113 cm³/mol. The number of carbonyl (C=O) groups excluding carboxylic acids is 2. The van der Waals surface area contributed by atoms with Gasteiger partial charge in [-0.05, 0) is 43.7 Å². The van der Waals surface area contributed by atoms with Crippen LogP contribution in [0, 0.1) is 6.92 Å². The van der Waals surface area contributed by atoms with E-state index in [1.165, 1.54) is 6.20 Å². The van der Waals surface area contributed by atoms with Crippen LogP contribution in [0.15, 0.2) is 60.9 Å². The summed E-state index contributed by atoms with van der Waals surface area (Å²) >= 11 is 0. The third-order valence-corrected chi connectivity index (χ3v) is 4.70. The lowest BCUT2D eigenvalue weighted by atomic mass is 10.0. The van der Waals surface area contributed by atoms with Crippen LogP contribution in [0.1, 0.15) is 44.8 Å². The highest BCUT2D eigenvalue weighted by molar-refractivity contribution is 5.94. The van der Waals surface area contributed by atoms with Crippen molar-refractivity contribution < 1.29 is 19.1 Å². The molecule has 1 aromatic heterocycles. The standard InChI is InChI=1S/C23H25N3O4/c1-4-30-23(28)19-13-25-26(15-19)21(17-7-5-16(2)6-8-17)14-24-22(27)18-9-11-20(29-3)12-10-18/h5-13,15,21H,4,14H2,1-3H3,(H,24,27). The molecule has 0 spiro atoms. The van der Waals surface area contributed by atoms with Crippen molar-refractivity contribution in [1.29, 1.82) is 0 Å². The van der Waals surface area contributed by atoms with Gasteiger partial charge in [-0.2, -0.15) is 5.10 Å². The Bertz CT molecular complexity index is 994. The molecule has 1 heterocycles. The fourth-order valence-corrected chi connectivity index (χ4v) is 3.01. The first-order valence-electron chi connectivity index (χ1n) is 9.72. The Morgan fingerprint density at radius 2 is 1.77 bits per heavy atom. The van der Waals surface area contributed by atoms with Crippen molar-refractivity contribution >= 4 is 11.9 Å². The number of nitrogens with one attached hydrogen (secondary N) is 1. The SMILES string of the molecule is CCOC(=O)c1cnn(C(CNC(=O)c2ccc(OC)cc2)c2ccc(C)cc2)c1. The zero-order chi connectivity index (χ0) is 21.5. The summed E-state index contributed by atoms with van der Waals surface area (Å²) in [4.78, 5) is 24.6. The average molecular weight is 407 g/mol. The van der Waals surface area contributed by atoms with E-state index in [1.807, 2.05) is 31.2 Å². The molecule has 2 aromatic carbocycles. The summed E-state index contributed by atoms with van der Waals surface area (Å²) < 4.78 is 11.8. The molecule has 1 atom stereocenters. The van der Waals surface area contributed by atoms with Crippen LogP contribution in [-0.4, -0.2) is 41.9 Å². The van der Waals surface area contributed by atoms with Gasteiger partial charge in [0.15, 0.2) is 0 Å². The van der Waals surface area contributed by atoms with Crippen LogP contribution in [0.2, 0.25) is 0 Å². The quantitative estimate of drug-likeness (QED) is 0.579. The van der Waals surface area contributed by atoms with E-state index in [1.54, 1.807) is 49.2 Å². The van der Waals surface area contributed by atoms with Crippen LogP contribution in [0.3, 0.4) is 0 Å². The van der Waals surface area contributed by atoms with Crippen LogP contribution < -0.4 is 10.1 Å². The smallest absolute Gasteiger partial charge is 0.341 e. The average Bonchev–Trinajstić information content (AvgIpc) is 3.25. The Kier molecular flexibility index (Phi) is 6.85. The summed E-state index contributed by atoms with van der Waals surface area (Å²) in [6, 6.07) is 14.6. The number of aromatic nitrogens is 2. The number of carbonyl (C=O) groups is 2. The molecule has 0 bridgehead atoms. The lowest BCUT2D eigenvalue weighted by Gasteiger charge is -2.19. The van der Waals surface area contributed by atoms with Crippen molar-refractivity contribution in [2.45, 2.75) is 19.9 Å². The molecule has 0 aliphatic heterocycles. The van der Waals surface area contributed by atoms with Gasteiger partial charge in [-0.25, -0.2) is 4.79 Å². The third-order valence-electron chi connectivity index (χ3n) is 4.70. The Morgan fingerprint density at radius 1 is 1.07 bits per heavy atom. The molecular weight excluding hydrogens is 382 g/mol. The summed E-state index contributed by atoms with van der Waals surface area (Å²) in [5.74, 6) is 0.0633. The molecular formula is C23H25N3O4. The molecule has 0 radical (unpaired) electrons. The highest BCUT2D eigenvalue weighted by Crippen LogP contribution is 2.19. The zero-order valence-electron chi connectivity index (χ0n) is 17.3. The number of rotatable bonds is 8. The van der Waals surface area contributed by atoms with Crippen molar-refractivity contribution in [1.82, 2.24) is 15.1 Å². The summed E-state index contributed by atoms with van der Waals surface area (Å²) in [5, 5.41) is 7.30. The minimum absolute atomic E-state index is 0.201. The van der Waals surface area contributed by atoms with E-state index in [2.05, 4.69) is 10.4 Å². The second-order valence-corrected chi connectivity index (χ2v) is 6.79. The summed E-state index contributed by atoms with van der Waals surface area (Å²) in [6.45, 7) is 4.37. The van der Waals surface area contributed by atoms with Gasteiger partial charge in [0.05, 0.1) is 31.5 Å². The molecule has 0 aliphatic carbocycles. The lowest BCUT2D eigenvalue weighted by Crippen LogP contribution is -2.31. The van der Waals surface area contributed by atoms with Gasteiger partial charge in [-0.1, -0.05) is 29.8 Å². The van der Waals surface area contributed by atoms with Gasteiger partial charge in [0, 0.05) is 18.3 Å². The fourth-order valence-electron chi connectivity index (χ4n) is 3.01. The summed E-state index contributed by atoms with van der Waals surface area (Å²) in [5.41, 5.74) is 3.00. The van der Waals surface area contributed by atoms with Gasteiger partial charge < -0.3 is 14.8 Å². The van der Waals surface area contributed by atoms with Crippen molar-refractivity contribution in [2.75, 3.05) is 20.3 Å². The van der Waals surface area contributed by atoms with Crippen LogP contribution in [0.4, 0.5) is 0 Å². The summed E-state index contributed by atoms with van der Waals surface area (Å²) in [7, 11) is 1.58. The minimum Gasteiger partial charge on any atom is -0.497 e. The second kappa shape index (κ2) is 9.73. The van der Waals surface area contributed by atoms with Gasteiger partial charge in [0.2, 0.25) is 0 Å². The largest absolute Gasteiger partial charge is 0.497 e. The summed E-state index contributed by atoms with van der Waals surface area (Å²) in [6.07, 6.45) is 3.12. The number of benzene rings is 2. The third kappa shape index (κ3) is 5.05. The lowest BCUT2D eigenvalue weighted by molar-refractivity contribution is 0.0526. The number of methoxy groups -OCH3 is 1. The molecule has 1 unspecified atom stereocenters. The molecule has 1 N–H and O–H groups in total. The topological polar surface area (TPSA) is 82.5 Å². The highest BCUT2D eigenvalue weighted by Gasteiger charge is 2.19. The maximum absolute atomic E-state index is 12.6. The predicted octanol–water partition coefficient (Wildman–Crippen LogP) is 3.40. The molecule has 7 nitrogen and oxygen atoms in total. The number of amides is 1. The van der Waals surface area contributed by atoms with Crippen molar-refractivity contribution in [3.8, 4) is 5.75 Å². The van der Waals surface area contributed by atoms with E-state index >= 15 is 0 Å². The molecule has 0 saturated heterocycles. The monoisotopic (exact) mass is 407 g/mol. The van der Waals surface area contributed by atoms with Crippen molar-refractivity contribution in [3.05, 3.63) is 83.2 Å².